The summed E-state index contributed by atoms with van der Waals surface area (Å²) in [5.74, 6) is 0.461. The van der Waals surface area contributed by atoms with Gasteiger partial charge in [0.25, 0.3) is 0 Å². The Hall–Kier alpha value is -8.27. The van der Waals surface area contributed by atoms with Crippen molar-refractivity contribution < 1.29 is 0 Å². The number of hydrogen-bond donors (Lipinski definition) is 0. The summed E-state index contributed by atoms with van der Waals surface area (Å²) in [5, 5.41) is 28.7. The number of hydrogen-bond acceptors (Lipinski definition) is 6. The Morgan fingerprint density at radius 1 is 0.676 bits per heavy atom. The number of para-hydroxylation sites is 4. The Morgan fingerprint density at radius 2 is 1.17 bits per heavy atom. The monoisotopic (exact) mass is 956 g/mol. The average Bonchev–Trinajstić information content (AvgIpc) is 4.03. The summed E-state index contributed by atoms with van der Waals surface area (Å²) in [6.45, 7) is 27.5. The second-order valence-corrected chi connectivity index (χ2v) is 20.1. The molecule has 8 heteroatoms. The van der Waals surface area contributed by atoms with Crippen LogP contribution in [0.4, 0.5) is 11.4 Å². The fraction of sp³-hybridized carbons (Fsp3) is 0.111. The Labute approximate surface area is 424 Å². The Bertz CT molecular complexity index is 3610. The van der Waals surface area contributed by atoms with Gasteiger partial charge in [-0.2, -0.15) is 10.5 Å². The highest BCUT2D eigenvalue weighted by atomic mass is 32.2. The number of thioether (sulfide) groups is 1. The molecule has 0 radical (unpaired) electrons. The summed E-state index contributed by atoms with van der Waals surface area (Å²) in [5.41, 5.74) is 12.0. The molecule has 1 aliphatic rings. The van der Waals surface area contributed by atoms with Gasteiger partial charge in [-0.1, -0.05) is 141 Å². The molecule has 0 aliphatic heterocycles. The number of aryl methyl sites for hydroxylation is 1. The number of anilines is 2. The maximum Gasteiger partial charge on any atom is 0.104 e. The zero-order chi connectivity index (χ0) is 49.5. The van der Waals surface area contributed by atoms with Crippen molar-refractivity contribution in [3.63, 3.8) is 0 Å². The first-order chi connectivity index (χ1) is 34.6. The molecule has 1 aliphatic carbocycles. The molecule has 3 aromatic heterocycles. The quantitative estimate of drug-likeness (QED) is 0.0803. The van der Waals surface area contributed by atoms with Gasteiger partial charge in [0.05, 0.1) is 55.4 Å². The predicted molar refractivity (Wildman–Crippen MR) is 304 cm³/mol. The minimum Gasteiger partial charge on any atom is -0.311 e. The van der Waals surface area contributed by atoms with Gasteiger partial charge in [-0.15, -0.1) is 23.1 Å². The van der Waals surface area contributed by atoms with E-state index < -0.39 is 0 Å². The van der Waals surface area contributed by atoms with Gasteiger partial charge in [0, 0.05) is 54.2 Å². The van der Waals surface area contributed by atoms with E-state index in [2.05, 4.69) is 130 Å². The van der Waals surface area contributed by atoms with Gasteiger partial charge in [-0.05, 0) is 100 Å². The zero-order valence-electron chi connectivity index (χ0n) is 40.5. The van der Waals surface area contributed by atoms with Crippen LogP contribution in [0.1, 0.15) is 59.2 Å². The van der Waals surface area contributed by atoms with Gasteiger partial charge in [0.1, 0.15) is 23.3 Å². The molecule has 0 spiro atoms. The molecular formula is C63H52N6S2. The zero-order valence-corrected chi connectivity index (χ0v) is 42.1. The van der Waals surface area contributed by atoms with Crippen LogP contribution in [-0.2, 0) is 6.42 Å². The van der Waals surface area contributed by atoms with Crippen LogP contribution in [0.5, 0.6) is 0 Å². The van der Waals surface area contributed by atoms with Crippen LogP contribution in [0, 0.1) is 29.6 Å². The summed E-state index contributed by atoms with van der Waals surface area (Å²) in [4.78, 5) is 7.38. The highest BCUT2D eigenvalue weighted by Gasteiger charge is 2.37. The number of nitrogens with zero attached hydrogens (tertiary/aromatic N) is 6. The number of allylic oxidation sites excluding steroid dienone is 5. The summed E-state index contributed by atoms with van der Waals surface area (Å²) < 4.78 is 4.42. The van der Waals surface area contributed by atoms with Crippen molar-refractivity contribution in [3.05, 3.63) is 233 Å². The molecule has 0 amide bonds. The second-order valence-electron chi connectivity index (χ2n) is 17.9. The maximum atomic E-state index is 12.3. The van der Waals surface area contributed by atoms with E-state index in [4.69, 9.17) is 26.3 Å². The molecule has 0 unspecified atom stereocenters. The Balaban J connectivity index is 1.46. The summed E-state index contributed by atoms with van der Waals surface area (Å²) >= 11 is 3.38. The molecule has 9 aromatic rings. The Morgan fingerprint density at radius 3 is 1.63 bits per heavy atom. The van der Waals surface area contributed by atoms with E-state index in [9.17, 15) is 10.5 Å². The third kappa shape index (κ3) is 7.92. The molecule has 346 valence electrons. The number of benzene rings is 6. The standard InChI is InChI=1S/C63H52N6S2/c1-9-23-41(4)67(45(8)63-44(7)47-26-17-22-35-58(47)71-63)59-52(37-64)60(68-54-31-18-13-27-48(54)49-28-14-19-32-55(49)68)62(66(42(5)36-40(2)3)43(6)39-70-46-24-11-10-12-25-46)61(53(59)38-65)69-56-33-20-15-29-50(56)51-30-16-21-34-57(51)69/h9-21,23-34,36H,4-6,8,22,35,39H2,1-3,7H3/b23-9-. The maximum absolute atomic E-state index is 12.3. The van der Waals surface area contributed by atoms with Crippen molar-refractivity contribution in [2.24, 2.45) is 0 Å². The highest BCUT2D eigenvalue weighted by Crippen LogP contribution is 2.53. The van der Waals surface area contributed by atoms with Crippen molar-refractivity contribution in [2.45, 2.75) is 45.4 Å². The van der Waals surface area contributed by atoms with Crippen LogP contribution in [-0.4, -0.2) is 14.9 Å². The van der Waals surface area contributed by atoms with Gasteiger partial charge in [0.15, 0.2) is 0 Å². The van der Waals surface area contributed by atoms with Crippen LogP contribution < -0.4 is 9.80 Å². The number of thiophene rings is 1. The molecule has 3 heterocycles. The van der Waals surface area contributed by atoms with Crippen molar-refractivity contribution in [2.75, 3.05) is 15.6 Å². The fourth-order valence-corrected chi connectivity index (χ4v) is 12.3. The minimum absolute atomic E-state index is 0.261. The largest absolute Gasteiger partial charge is 0.311 e. The lowest BCUT2D eigenvalue weighted by atomic mass is 9.96. The lowest BCUT2D eigenvalue weighted by Gasteiger charge is -2.37. The molecule has 6 aromatic carbocycles. The summed E-state index contributed by atoms with van der Waals surface area (Å²) in [6.07, 6.45) is 12.2. The SMILES string of the molecule is C=C(/C=C\C)N(C(=C)c1sc2c(c1C)C=CCC2)c1c(C#N)c(-n2c3ccccc3c3ccccc32)c(N(C(=C)C=C(C)C)C(=C)CSc2ccccc2)c(-n2c3ccccc3c3ccccc32)c1C#N. The van der Waals surface area contributed by atoms with E-state index in [0.29, 0.717) is 51.3 Å². The third-order valence-corrected chi connectivity index (χ3v) is 15.7. The van der Waals surface area contributed by atoms with Gasteiger partial charge in [-0.25, -0.2) is 0 Å². The van der Waals surface area contributed by atoms with E-state index in [0.717, 1.165) is 77.4 Å². The Kier molecular flexibility index (Phi) is 12.6. The number of aromatic nitrogens is 2. The highest BCUT2D eigenvalue weighted by molar-refractivity contribution is 7.99. The van der Waals surface area contributed by atoms with Crippen LogP contribution in [0.2, 0.25) is 0 Å². The predicted octanol–water partition coefficient (Wildman–Crippen LogP) is 17.1. The van der Waals surface area contributed by atoms with Crippen LogP contribution in [0.15, 0.2) is 206 Å². The van der Waals surface area contributed by atoms with Crippen molar-refractivity contribution in [1.82, 2.24) is 9.13 Å². The second kappa shape index (κ2) is 19.3. The molecule has 0 saturated carbocycles. The van der Waals surface area contributed by atoms with E-state index in [1.54, 1.807) is 23.1 Å². The van der Waals surface area contributed by atoms with Gasteiger partial charge >= 0.3 is 0 Å². The summed E-state index contributed by atoms with van der Waals surface area (Å²) in [7, 11) is 0. The molecule has 0 fully saturated rings. The number of fused-ring (bicyclic) bond motifs is 7. The molecular weight excluding hydrogens is 905 g/mol. The first-order valence-corrected chi connectivity index (χ1v) is 25.5. The normalized spacial score (nSPS) is 12.0. The van der Waals surface area contributed by atoms with Crippen LogP contribution in [0.25, 0.3) is 66.8 Å². The number of rotatable bonds is 14. The van der Waals surface area contributed by atoms with E-state index >= 15 is 0 Å². The molecule has 0 atom stereocenters. The van der Waals surface area contributed by atoms with Gasteiger partial charge in [-0.3, -0.25) is 0 Å². The van der Waals surface area contributed by atoms with E-state index in [-0.39, 0.29) is 11.1 Å². The first-order valence-electron chi connectivity index (χ1n) is 23.7. The van der Waals surface area contributed by atoms with E-state index in [1.165, 1.54) is 10.4 Å². The van der Waals surface area contributed by atoms with Crippen molar-refractivity contribution in [3.8, 4) is 23.5 Å². The van der Waals surface area contributed by atoms with Crippen LogP contribution in [0.3, 0.4) is 0 Å². The fourth-order valence-electron chi connectivity index (χ4n) is 10.3. The smallest absolute Gasteiger partial charge is 0.104 e. The van der Waals surface area contributed by atoms with Crippen LogP contribution >= 0.6 is 23.1 Å². The summed E-state index contributed by atoms with van der Waals surface area (Å²) in [6, 6.07) is 49.1. The van der Waals surface area contributed by atoms with E-state index in [1.807, 2.05) is 86.4 Å². The van der Waals surface area contributed by atoms with Crippen molar-refractivity contribution in [1.29, 1.82) is 10.5 Å². The molecule has 6 nitrogen and oxygen atoms in total. The average molecular weight is 957 g/mol. The van der Waals surface area contributed by atoms with Crippen molar-refractivity contribution >= 4 is 89.9 Å². The lowest BCUT2D eigenvalue weighted by molar-refractivity contribution is 1.01. The minimum atomic E-state index is 0.261. The molecule has 0 saturated heterocycles. The molecule has 71 heavy (non-hydrogen) atoms. The molecule has 0 bridgehead atoms. The van der Waals surface area contributed by atoms with Gasteiger partial charge in [0.2, 0.25) is 0 Å². The number of nitriles is 2. The van der Waals surface area contributed by atoms with Gasteiger partial charge < -0.3 is 18.9 Å². The lowest BCUT2D eigenvalue weighted by Crippen LogP contribution is -2.28. The molecule has 0 N–H and O–H groups in total. The topological polar surface area (TPSA) is 63.9 Å². The third-order valence-electron chi connectivity index (χ3n) is 13.2. The molecule has 10 rings (SSSR count). The first kappa shape index (κ1) is 46.5.